The van der Waals surface area contributed by atoms with Gasteiger partial charge in [-0.3, -0.25) is 19.2 Å². The molecule has 4 rings (SSSR count). The van der Waals surface area contributed by atoms with Crippen LogP contribution in [-0.2, 0) is 14.3 Å². The molecule has 10 heteroatoms. The molecule has 0 aromatic heterocycles. The van der Waals surface area contributed by atoms with Crippen molar-refractivity contribution < 1.29 is 19.4 Å². The molecule has 3 saturated carbocycles. The highest BCUT2D eigenvalue weighted by Crippen LogP contribution is 2.68. The lowest BCUT2D eigenvalue weighted by atomic mass is 9.44. The van der Waals surface area contributed by atoms with E-state index < -0.39 is 39.9 Å². The molecule has 0 unspecified atom stereocenters. The van der Waals surface area contributed by atoms with Gasteiger partial charge in [-0.15, -0.1) is 18.3 Å². The van der Waals surface area contributed by atoms with E-state index in [2.05, 4.69) is 27.4 Å². The van der Waals surface area contributed by atoms with Crippen LogP contribution in [0.1, 0.15) is 59.8 Å². The van der Waals surface area contributed by atoms with Crippen LogP contribution in [0.4, 0.5) is 5.69 Å². The third-order valence-corrected chi connectivity index (χ3v) is 13.4. The summed E-state index contributed by atoms with van der Waals surface area (Å²) in [5, 5.41) is 11.7. The van der Waals surface area contributed by atoms with Gasteiger partial charge in [0.1, 0.15) is 17.6 Å². The Kier molecular flexibility index (Phi) is 10.4. The van der Waals surface area contributed by atoms with E-state index in [-0.39, 0.29) is 34.7 Å². The zero-order chi connectivity index (χ0) is 31.0. The van der Waals surface area contributed by atoms with E-state index in [0.717, 1.165) is 42.5 Å². The highest BCUT2D eigenvalue weighted by molar-refractivity contribution is 8.00. The van der Waals surface area contributed by atoms with Crippen LogP contribution < -0.4 is 15.8 Å². The number of rotatable bonds is 12. The second-order valence-electron chi connectivity index (χ2n) is 13.2. The van der Waals surface area contributed by atoms with Crippen LogP contribution in [0.15, 0.2) is 27.1 Å². The number of ketones is 1. The van der Waals surface area contributed by atoms with E-state index in [9.17, 15) is 24.3 Å². The first-order valence-electron chi connectivity index (χ1n) is 15.0. The molecule has 0 amide bonds. The predicted octanol–water partition coefficient (Wildman–Crippen LogP) is 4.81. The fourth-order valence-corrected chi connectivity index (χ4v) is 10.1. The first-order chi connectivity index (χ1) is 19.8. The van der Waals surface area contributed by atoms with E-state index >= 15 is 0 Å². The Morgan fingerprint density at radius 3 is 2.33 bits per heavy atom. The number of anilines is 1. The number of nitrogens with zero attached hydrogens (tertiary/aromatic N) is 1. The number of aliphatic hydroxyl groups excluding tert-OH is 1. The molecule has 3 aliphatic rings. The molecule has 1 aromatic rings. The number of carbonyl (C=O) groups excluding carboxylic acids is 2. The Morgan fingerprint density at radius 1 is 1.10 bits per heavy atom. The van der Waals surface area contributed by atoms with E-state index in [4.69, 9.17) is 4.74 Å². The molecule has 0 saturated heterocycles. The van der Waals surface area contributed by atoms with E-state index in [1.807, 2.05) is 24.3 Å². The van der Waals surface area contributed by atoms with Gasteiger partial charge in [-0.05, 0) is 55.4 Å². The van der Waals surface area contributed by atoms with Crippen molar-refractivity contribution >= 4 is 52.7 Å². The van der Waals surface area contributed by atoms with Crippen molar-refractivity contribution in [1.82, 2.24) is 0 Å². The lowest BCUT2D eigenvalue weighted by molar-refractivity contribution is -0.205. The summed E-state index contributed by atoms with van der Waals surface area (Å²) in [7, 11) is 0. The molecule has 42 heavy (non-hydrogen) atoms. The van der Waals surface area contributed by atoms with Crippen LogP contribution >= 0.6 is 35.3 Å². The molecular weight excluding hydrogens is 591 g/mol. The van der Waals surface area contributed by atoms with Crippen LogP contribution in [0.25, 0.3) is 0 Å². The number of carbonyl (C=O) groups is 2. The molecule has 8 atom stereocenters. The number of ether oxygens (including phenoxy) is 1. The Morgan fingerprint density at radius 2 is 1.74 bits per heavy atom. The minimum absolute atomic E-state index is 0.0938. The normalized spacial score (nSPS) is 36.3. The highest BCUT2D eigenvalue weighted by Gasteiger charge is 2.68. The van der Waals surface area contributed by atoms with E-state index in [1.54, 1.807) is 29.6 Å². The Hall–Kier alpha value is -1.23. The smallest absolute Gasteiger partial charge is 0.316 e. The number of aliphatic hydroxyl groups is 1. The van der Waals surface area contributed by atoms with Gasteiger partial charge in [0.2, 0.25) is 5.43 Å². The first-order valence-corrected chi connectivity index (χ1v) is 18.8. The molecule has 234 valence electrons. The first kappa shape index (κ1) is 33.7. The van der Waals surface area contributed by atoms with Crippen molar-refractivity contribution in [3.05, 3.63) is 33.1 Å². The summed E-state index contributed by atoms with van der Waals surface area (Å²) in [4.78, 5) is 54.6. The molecule has 1 aromatic carbocycles. The third kappa shape index (κ3) is 5.56. The Bertz CT molecular complexity index is 1250. The fraction of sp³-hybridized carbons (Fsp3) is 0.750. The van der Waals surface area contributed by atoms with Crippen molar-refractivity contribution in [3.63, 3.8) is 0 Å². The molecule has 3 aliphatic carbocycles. The quantitative estimate of drug-likeness (QED) is 0.149. The van der Waals surface area contributed by atoms with Gasteiger partial charge in [0.15, 0.2) is 0 Å². The van der Waals surface area contributed by atoms with Crippen LogP contribution in [0, 0.1) is 34.0 Å². The van der Waals surface area contributed by atoms with Crippen LogP contribution in [0.2, 0.25) is 0 Å². The van der Waals surface area contributed by atoms with Gasteiger partial charge in [0.05, 0.1) is 16.8 Å². The summed E-state index contributed by atoms with van der Waals surface area (Å²) in [6.45, 7) is 13.7. The van der Waals surface area contributed by atoms with Gasteiger partial charge >= 0.3 is 5.97 Å². The Labute approximate surface area is 263 Å². The summed E-state index contributed by atoms with van der Waals surface area (Å²) in [6.07, 6.45) is 7.84. The SMILES string of the molecule is C=C[C@]1(C)C[C@@H](OC(=O)CSc2c(N(CCSC)CCSC)c(=O)c2=O)[C@]2(C)[C@H](C)CC[C@]3(CCC(=O)[C@H]32)[C@@H](C)[C@@H]1O. The van der Waals surface area contributed by atoms with E-state index in [0.29, 0.717) is 36.5 Å². The summed E-state index contributed by atoms with van der Waals surface area (Å²) in [5.74, 6) is 1.03. The maximum Gasteiger partial charge on any atom is 0.316 e. The maximum absolute atomic E-state index is 13.6. The zero-order valence-electron chi connectivity index (χ0n) is 25.9. The van der Waals surface area contributed by atoms with Crippen LogP contribution in [0.5, 0.6) is 0 Å². The lowest BCUT2D eigenvalue weighted by Gasteiger charge is -2.61. The molecule has 3 fully saturated rings. The second kappa shape index (κ2) is 13.0. The molecule has 0 radical (unpaired) electrons. The number of hydrogen-bond donors (Lipinski definition) is 1. The van der Waals surface area contributed by atoms with Crippen LogP contribution in [-0.4, -0.2) is 71.9 Å². The van der Waals surface area contributed by atoms with Gasteiger partial charge in [-0.1, -0.05) is 33.8 Å². The monoisotopic (exact) mass is 637 g/mol. The average molecular weight is 638 g/mol. The van der Waals surface area contributed by atoms with Gasteiger partial charge in [0.25, 0.3) is 5.43 Å². The number of Topliss-reactive ketones (excluding diaryl/α,β-unsaturated/α-hetero) is 1. The average Bonchev–Trinajstić information content (AvgIpc) is 3.33. The fourth-order valence-electron chi connectivity index (χ4n) is 8.34. The summed E-state index contributed by atoms with van der Waals surface area (Å²) in [6, 6.07) is 0. The predicted molar refractivity (Wildman–Crippen MR) is 176 cm³/mol. The number of hydrogen-bond acceptors (Lipinski definition) is 10. The number of esters is 1. The molecule has 1 N–H and O–H groups in total. The molecule has 7 nitrogen and oxygen atoms in total. The minimum atomic E-state index is -0.725. The second-order valence-corrected chi connectivity index (χ2v) is 16.1. The van der Waals surface area contributed by atoms with Crippen LogP contribution in [0.3, 0.4) is 0 Å². The molecule has 0 heterocycles. The van der Waals surface area contributed by atoms with Gasteiger partial charge in [0, 0.05) is 47.8 Å². The van der Waals surface area contributed by atoms with Crippen molar-refractivity contribution in [2.24, 2.45) is 34.0 Å². The zero-order valence-corrected chi connectivity index (χ0v) is 28.4. The molecule has 0 spiro atoms. The van der Waals surface area contributed by atoms with Gasteiger partial charge in [-0.2, -0.15) is 23.5 Å². The molecule has 2 bridgehead atoms. The third-order valence-electron chi connectivity index (χ3n) is 11.2. The summed E-state index contributed by atoms with van der Waals surface area (Å²) >= 11 is 4.43. The standard InChI is InChI=1S/C32H47NO6S3/c1-8-30(4)17-22(31(5)19(2)9-11-32(20(3)29(30)38)12-10-21(34)28(31)32)39-23(35)18-42-27-24(25(36)26(27)37)33(13-15-40-6)14-16-41-7/h8,19-20,22,28-29,38H,1,9-18H2,2-7H3/t19-,20+,22-,28+,29+,30-,31+,32+/m1/s1. The topological polar surface area (TPSA) is 101 Å². The van der Waals surface area contributed by atoms with Crippen molar-refractivity contribution in [2.75, 3.05) is 47.8 Å². The van der Waals surface area contributed by atoms with Gasteiger partial charge < -0.3 is 14.7 Å². The molecular formula is C32H47NO6S3. The van der Waals surface area contributed by atoms with Gasteiger partial charge in [-0.25, -0.2) is 0 Å². The Balaban J connectivity index is 1.61. The van der Waals surface area contributed by atoms with Crippen molar-refractivity contribution in [3.8, 4) is 0 Å². The molecule has 0 aliphatic heterocycles. The van der Waals surface area contributed by atoms with Crippen molar-refractivity contribution in [1.29, 1.82) is 0 Å². The maximum atomic E-state index is 13.6. The summed E-state index contributed by atoms with van der Waals surface area (Å²) < 4.78 is 6.32. The number of thioether (sulfide) groups is 3. The summed E-state index contributed by atoms with van der Waals surface area (Å²) in [5.41, 5.74) is -2.26. The largest absolute Gasteiger partial charge is 0.461 e. The lowest BCUT2D eigenvalue weighted by Crippen LogP contribution is -2.63. The van der Waals surface area contributed by atoms with E-state index in [1.165, 1.54) is 0 Å². The van der Waals surface area contributed by atoms with Crippen molar-refractivity contribution in [2.45, 2.75) is 76.9 Å². The minimum Gasteiger partial charge on any atom is -0.461 e. The highest BCUT2D eigenvalue weighted by atomic mass is 32.2.